The molecule has 9 aromatic rings. The first kappa shape index (κ1) is 13.5. The maximum atomic E-state index is 9.45. The van der Waals surface area contributed by atoms with Crippen LogP contribution >= 0.6 is 0 Å². The summed E-state index contributed by atoms with van der Waals surface area (Å²) in [4.78, 5) is 0. The van der Waals surface area contributed by atoms with Gasteiger partial charge in [0, 0.05) is 16.3 Å². The van der Waals surface area contributed by atoms with E-state index in [1.165, 1.54) is 0 Å². The summed E-state index contributed by atoms with van der Waals surface area (Å²) in [5, 5.41) is -0.749. The summed E-state index contributed by atoms with van der Waals surface area (Å²) in [6.45, 7) is 0. The lowest BCUT2D eigenvalue weighted by molar-refractivity contribution is 0.670. The number of furan rings is 1. The van der Waals surface area contributed by atoms with Crippen LogP contribution in [0.5, 0.6) is 0 Å². The van der Waals surface area contributed by atoms with Gasteiger partial charge in [0.25, 0.3) is 0 Å². The Morgan fingerprint density at radius 2 is 1.07 bits per heavy atom. The minimum atomic E-state index is -0.742. The zero-order valence-electron chi connectivity index (χ0n) is 37.3. The van der Waals surface area contributed by atoms with Crippen LogP contribution in [0.1, 0.15) is 20.6 Å². The first-order chi connectivity index (χ1) is 27.6. The molecular weight excluding hydrogens is 520 g/mol. The lowest BCUT2D eigenvalue weighted by Gasteiger charge is -2.18. The monoisotopic (exact) mass is 561 g/mol. The molecule has 0 unspecified atom stereocenters. The van der Waals surface area contributed by atoms with Gasteiger partial charge in [0.2, 0.25) is 0 Å². The molecule has 1 aromatic heterocycles. The first-order valence-electron chi connectivity index (χ1n) is 21.1. The van der Waals surface area contributed by atoms with Crippen molar-refractivity contribution in [2.45, 2.75) is 0 Å². The number of hydrogen-bond donors (Lipinski definition) is 0. The van der Waals surface area contributed by atoms with Crippen molar-refractivity contribution in [2.24, 2.45) is 0 Å². The van der Waals surface area contributed by atoms with Gasteiger partial charge >= 0.3 is 0 Å². The van der Waals surface area contributed by atoms with Crippen molar-refractivity contribution in [3.8, 4) is 33.4 Å². The highest BCUT2D eigenvalue weighted by atomic mass is 16.3. The molecular formula is C42H26O. The minimum Gasteiger partial charge on any atom is -0.455 e. The quantitative estimate of drug-likeness (QED) is 0.196. The zero-order chi connectivity index (χ0) is 41.4. The van der Waals surface area contributed by atoms with Crippen molar-refractivity contribution in [3.63, 3.8) is 0 Å². The Morgan fingerprint density at radius 3 is 1.81 bits per heavy atom. The third kappa shape index (κ3) is 3.65. The topological polar surface area (TPSA) is 13.1 Å². The third-order valence-electron chi connectivity index (χ3n) is 7.75. The molecule has 0 aliphatic rings. The Bertz CT molecular complexity index is 3260. The van der Waals surface area contributed by atoms with Crippen LogP contribution in [0, 0.1) is 0 Å². The van der Waals surface area contributed by atoms with Crippen molar-refractivity contribution >= 4 is 54.3 Å². The second kappa shape index (κ2) is 9.44. The van der Waals surface area contributed by atoms with Crippen molar-refractivity contribution in [2.75, 3.05) is 0 Å². The molecule has 0 bridgehead atoms. The Labute approximate surface area is 270 Å². The van der Waals surface area contributed by atoms with E-state index in [0.29, 0.717) is 27.5 Å². The Balaban J connectivity index is 1.59. The normalized spacial score (nSPS) is 16.6. The SMILES string of the molecule is [2H]c1c([2H])c([2H])c2c([2H])c(-c3c4c([2H])c([2H])c([2H])c([2H])c4c(-c4cccc5oc6c(-c7ccccc7)cccc6c45)c4c([2H])c([2H])c([2H])c([2H])c34)c([2H])c([2H])c2c1[2H]. The molecule has 9 rings (SSSR count). The number of benzene rings is 8. The van der Waals surface area contributed by atoms with E-state index in [-0.39, 0.29) is 32.7 Å². The van der Waals surface area contributed by atoms with Crippen molar-refractivity contribution in [1.82, 2.24) is 0 Å². The summed E-state index contributed by atoms with van der Waals surface area (Å²) in [6.07, 6.45) is 0. The van der Waals surface area contributed by atoms with Crippen LogP contribution in [-0.2, 0) is 0 Å². The first-order valence-corrected chi connectivity index (χ1v) is 13.6. The molecule has 0 spiro atoms. The number of para-hydroxylation sites is 1. The van der Waals surface area contributed by atoms with Crippen molar-refractivity contribution < 1.29 is 25.0 Å². The molecule has 0 fully saturated rings. The third-order valence-corrected chi connectivity index (χ3v) is 7.75. The van der Waals surface area contributed by atoms with Gasteiger partial charge in [-0.05, 0) is 72.2 Å². The summed E-state index contributed by atoms with van der Waals surface area (Å²) in [7, 11) is 0. The van der Waals surface area contributed by atoms with E-state index in [9.17, 15) is 8.22 Å². The summed E-state index contributed by atoms with van der Waals surface area (Å²) in [5.74, 6) is 0. The molecule has 1 heterocycles. The van der Waals surface area contributed by atoms with Gasteiger partial charge in [-0.3, -0.25) is 0 Å². The molecule has 0 saturated heterocycles. The molecule has 8 aromatic carbocycles. The molecule has 43 heavy (non-hydrogen) atoms. The number of rotatable bonds is 3. The molecule has 0 N–H and O–H groups in total. The van der Waals surface area contributed by atoms with Crippen LogP contribution in [0.2, 0.25) is 0 Å². The van der Waals surface area contributed by atoms with Crippen LogP contribution < -0.4 is 0 Å². The largest absolute Gasteiger partial charge is 0.455 e. The van der Waals surface area contributed by atoms with E-state index in [0.717, 1.165) is 11.1 Å². The zero-order valence-corrected chi connectivity index (χ0v) is 22.3. The highest BCUT2D eigenvalue weighted by molar-refractivity contribution is 6.26. The smallest absolute Gasteiger partial charge is 0.143 e. The van der Waals surface area contributed by atoms with Crippen molar-refractivity contribution in [3.05, 3.63) is 157 Å². The number of fused-ring (bicyclic) bond motifs is 6. The second-order valence-electron chi connectivity index (χ2n) is 10.1. The summed E-state index contributed by atoms with van der Waals surface area (Å²) < 4.78 is 141. The maximum Gasteiger partial charge on any atom is 0.143 e. The lowest BCUT2D eigenvalue weighted by Crippen LogP contribution is -1.91. The van der Waals surface area contributed by atoms with Crippen LogP contribution in [-0.4, -0.2) is 0 Å². The molecule has 1 heteroatoms. The fourth-order valence-electron chi connectivity index (χ4n) is 5.95. The predicted octanol–water partition coefficient (Wildman–Crippen LogP) is 12.0. The van der Waals surface area contributed by atoms with E-state index in [1.807, 2.05) is 48.5 Å². The lowest BCUT2D eigenvalue weighted by atomic mass is 9.84. The van der Waals surface area contributed by atoms with Gasteiger partial charge in [-0.2, -0.15) is 0 Å². The van der Waals surface area contributed by atoms with Crippen LogP contribution in [0.4, 0.5) is 0 Å². The summed E-state index contributed by atoms with van der Waals surface area (Å²) in [6, 6.07) is 10.1. The highest BCUT2D eigenvalue weighted by Crippen LogP contribution is 2.47. The highest BCUT2D eigenvalue weighted by Gasteiger charge is 2.21. The molecule has 0 aliphatic heterocycles. The van der Waals surface area contributed by atoms with Gasteiger partial charge in [-0.15, -0.1) is 0 Å². The fraction of sp³-hybridized carbons (Fsp3) is 0. The molecule has 0 amide bonds. The van der Waals surface area contributed by atoms with E-state index in [2.05, 4.69) is 0 Å². The molecule has 0 aliphatic carbocycles. The maximum absolute atomic E-state index is 9.45. The Hall–Kier alpha value is -5.66. The molecule has 200 valence electrons. The van der Waals surface area contributed by atoms with E-state index < -0.39 is 107 Å². The molecule has 0 saturated carbocycles. The van der Waals surface area contributed by atoms with E-state index >= 15 is 0 Å². The molecule has 0 atom stereocenters. The van der Waals surface area contributed by atoms with E-state index in [4.69, 9.17) is 16.8 Å². The molecule has 0 radical (unpaired) electrons. The Kier molecular flexibility index (Phi) is 2.97. The van der Waals surface area contributed by atoms with Crippen LogP contribution in [0.3, 0.4) is 0 Å². The Morgan fingerprint density at radius 1 is 0.442 bits per heavy atom. The minimum absolute atomic E-state index is 0.0121. The average molecular weight is 562 g/mol. The summed E-state index contributed by atoms with van der Waals surface area (Å²) in [5.41, 5.74) is 1.96. The number of hydrogen-bond acceptors (Lipinski definition) is 1. The van der Waals surface area contributed by atoms with E-state index in [1.54, 1.807) is 18.2 Å². The van der Waals surface area contributed by atoms with Crippen molar-refractivity contribution in [1.29, 1.82) is 0 Å². The standard InChI is InChI=1S/C42H26O/c1-2-13-28(14-3-1)31-20-10-22-37-41-36(21-11-23-38(41)43-42(31)37)40-34-18-8-6-16-32(34)39(33-17-7-9-19-35(33)40)30-25-24-27-12-4-5-15-29(27)26-30/h1-26H/i4D,5D,6D,7D,8D,9D,12D,15D,16D,17D,18D,19D,24D,25D,26D. The van der Waals surface area contributed by atoms with Gasteiger partial charge in [-0.25, -0.2) is 0 Å². The van der Waals surface area contributed by atoms with Crippen LogP contribution in [0.25, 0.3) is 87.6 Å². The van der Waals surface area contributed by atoms with Crippen LogP contribution in [0.15, 0.2) is 162 Å². The van der Waals surface area contributed by atoms with Gasteiger partial charge in [0.05, 0.1) is 20.6 Å². The molecule has 1 nitrogen and oxygen atoms in total. The van der Waals surface area contributed by atoms with Gasteiger partial charge in [-0.1, -0.05) is 145 Å². The fourth-order valence-corrected chi connectivity index (χ4v) is 5.95. The average Bonchev–Trinajstić information content (AvgIpc) is 3.62. The van der Waals surface area contributed by atoms with Gasteiger partial charge < -0.3 is 4.42 Å². The second-order valence-corrected chi connectivity index (χ2v) is 10.1. The van der Waals surface area contributed by atoms with Gasteiger partial charge in [0.15, 0.2) is 0 Å². The van der Waals surface area contributed by atoms with Gasteiger partial charge in [0.1, 0.15) is 11.2 Å². The predicted molar refractivity (Wildman–Crippen MR) is 183 cm³/mol. The summed E-state index contributed by atoms with van der Waals surface area (Å²) >= 11 is 0.